The third-order valence-corrected chi connectivity index (χ3v) is 6.03. The van der Waals surface area contributed by atoms with E-state index in [1.54, 1.807) is 6.07 Å². The molecule has 0 bridgehead atoms. The molecule has 1 saturated heterocycles. The molecule has 0 N–H and O–H groups in total. The highest BCUT2D eigenvalue weighted by atomic mass is 16.7. The van der Waals surface area contributed by atoms with Crippen molar-refractivity contribution >= 4 is 22.6 Å². The molecule has 2 aromatic carbocycles. The van der Waals surface area contributed by atoms with Gasteiger partial charge in [0.25, 0.3) is 5.91 Å². The first kappa shape index (κ1) is 19.5. The van der Waals surface area contributed by atoms with E-state index in [0.29, 0.717) is 31.9 Å². The zero-order valence-corrected chi connectivity index (χ0v) is 17.8. The van der Waals surface area contributed by atoms with Crippen LogP contribution in [0, 0.1) is 0 Å². The molecule has 2 aliphatic heterocycles. The molecule has 0 atom stereocenters. The van der Waals surface area contributed by atoms with E-state index in [-0.39, 0.29) is 12.7 Å². The number of para-hydroxylation sites is 1. The van der Waals surface area contributed by atoms with E-state index in [4.69, 9.17) is 9.47 Å². The number of nitrogens with zero attached hydrogens (tertiary/aromatic N) is 5. The minimum absolute atomic E-state index is 0.0374. The first-order valence-electron chi connectivity index (χ1n) is 10.9. The van der Waals surface area contributed by atoms with E-state index in [1.165, 1.54) is 0 Å². The smallest absolute Gasteiger partial charge is 0.272 e. The number of hydrogen-bond donors (Lipinski definition) is 0. The molecule has 1 amide bonds. The van der Waals surface area contributed by atoms with Gasteiger partial charge in [-0.2, -0.15) is 0 Å². The molecule has 4 aromatic rings. The van der Waals surface area contributed by atoms with Gasteiger partial charge in [0.1, 0.15) is 5.69 Å². The number of anilines is 1. The second kappa shape index (κ2) is 8.05. The van der Waals surface area contributed by atoms with Crippen molar-refractivity contribution in [3.05, 3.63) is 72.4 Å². The average Bonchev–Trinajstić information content (AvgIpc) is 3.36. The van der Waals surface area contributed by atoms with E-state index in [2.05, 4.69) is 20.1 Å². The van der Waals surface area contributed by atoms with Crippen LogP contribution in [0.5, 0.6) is 11.5 Å². The van der Waals surface area contributed by atoms with E-state index < -0.39 is 0 Å². The van der Waals surface area contributed by atoms with Crippen LogP contribution in [0.15, 0.2) is 66.7 Å². The van der Waals surface area contributed by atoms with E-state index in [1.807, 2.05) is 65.6 Å². The monoisotopic (exact) mass is 439 g/mol. The third kappa shape index (κ3) is 3.69. The van der Waals surface area contributed by atoms with Crippen LogP contribution in [0.2, 0.25) is 0 Å². The summed E-state index contributed by atoms with van der Waals surface area (Å²) in [5.41, 5.74) is 3.01. The Kier molecular flexibility index (Phi) is 4.75. The fourth-order valence-corrected chi connectivity index (χ4v) is 4.19. The highest BCUT2D eigenvalue weighted by Gasteiger charge is 2.24. The van der Waals surface area contributed by atoms with Gasteiger partial charge < -0.3 is 19.3 Å². The van der Waals surface area contributed by atoms with Gasteiger partial charge in [0.15, 0.2) is 17.3 Å². The Morgan fingerprint density at radius 3 is 2.52 bits per heavy atom. The fraction of sp³-hybridized carbons (Fsp3) is 0.200. The number of ether oxygens (including phenoxy) is 2. The lowest BCUT2D eigenvalue weighted by molar-refractivity contribution is 0.0741. The summed E-state index contributed by atoms with van der Waals surface area (Å²) in [6.45, 7) is 2.85. The molecule has 1 fully saturated rings. The normalized spacial score (nSPS) is 15.2. The van der Waals surface area contributed by atoms with Crippen LogP contribution in [-0.2, 0) is 0 Å². The van der Waals surface area contributed by atoms with Crippen molar-refractivity contribution in [3.63, 3.8) is 0 Å². The maximum absolute atomic E-state index is 13.0. The summed E-state index contributed by atoms with van der Waals surface area (Å²) in [5, 5.41) is 9.85. The molecule has 2 aliphatic rings. The van der Waals surface area contributed by atoms with Gasteiger partial charge >= 0.3 is 0 Å². The topological polar surface area (TPSA) is 80.7 Å². The van der Waals surface area contributed by atoms with Gasteiger partial charge in [-0.3, -0.25) is 4.79 Å². The van der Waals surface area contributed by atoms with Crippen LogP contribution in [0.4, 0.5) is 5.82 Å². The van der Waals surface area contributed by atoms with Crippen molar-refractivity contribution in [1.82, 2.24) is 20.1 Å². The summed E-state index contributed by atoms with van der Waals surface area (Å²) in [5.74, 6) is 2.23. The molecule has 0 aliphatic carbocycles. The van der Waals surface area contributed by atoms with Gasteiger partial charge in [0, 0.05) is 37.1 Å². The highest BCUT2D eigenvalue weighted by molar-refractivity contribution is 5.95. The Labute approximate surface area is 190 Å². The van der Waals surface area contributed by atoms with E-state index >= 15 is 0 Å². The summed E-state index contributed by atoms with van der Waals surface area (Å²) >= 11 is 0. The quantitative estimate of drug-likeness (QED) is 0.484. The lowest BCUT2D eigenvalue weighted by atomic mass is 10.1. The summed E-state index contributed by atoms with van der Waals surface area (Å²) < 4.78 is 10.8. The van der Waals surface area contributed by atoms with Crippen LogP contribution in [0.25, 0.3) is 22.2 Å². The van der Waals surface area contributed by atoms with Gasteiger partial charge in [0.2, 0.25) is 6.79 Å². The largest absolute Gasteiger partial charge is 0.454 e. The lowest BCUT2D eigenvalue weighted by Crippen LogP contribution is -2.49. The van der Waals surface area contributed by atoms with Crippen molar-refractivity contribution < 1.29 is 14.3 Å². The lowest BCUT2D eigenvalue weighted by Gasteiger charge is -2.35. The molecule has 0 spiro atoms. The summed E-state index contributed by atoms with van der Waals surface area (Å²) in [4.78, 5) is 21.5. The maximum atomic E-state index is 13.0. The van der Waals surface area contributed by atoms with Crippen molar-refractivity contribution in [2.75, 3.05) is 37.9 Å². The van der Waals surface area contributed by atoms with Crippen LogP contribution in [-0.4, -0.2) is 59.0 Å². The highest BCUT2D eigenvalue weighted by Crippen LogP contribution is 2.35. The number of rotatable bonds is 3. The number of fused-ring (bicyclic) bond motifs is 2. The molecule has 164 valence electrons. The Hall–Kier alpha value is -4.20. The molecule has 6 rings (SSSR count). The molecule has 0 saturated carbocycles. The third-order valence-electron chi connectivity index (χ3n) is 6.03. The Morgan fingerprint density at radius 1 is 0.818 bits per heavy atom. The van der Waals surface area contributed by atoms with Crippen LogP contribution in [0.1, 0.15) is 10.5 Å². The Morgan fingerprint density at radius 2 is 1.67 bits per heavy atom. The number of carbonyl (C=O) groups excluding carboxylic acids is 1. The van der Waals surface area contributed by atoms with Gasteiger partial charge in [-0.05, 0) is 42.5 Å². The van der Waals surface area contributed by atoms with Crippen LogP contribution < -0.4 is 14.4 Å². The van der Waals surface area contributed by atoms with Gasteiger partial charge in [0.05, 0.1) is 11.2 Å². The van der Waals surface area contributed by atoms with Crippen molar-refractivity contribution in [2.24, 2.45) is 0 Å². The first-order valence-corrected chi connectivity index (χ1v) is 10.9. The zero-order chi connectivity index (χ0) is 22.2. The van der Waals surface area contributed by atoms with E-state index in [0.717, 1.165) is 39.5 Å². The minimum atomic E-state index is -0.0374. The van der Waals surface area contributed by atoms with Crippen molar-refractivity contribution in [1.29, 1.82) is 0 Å². The number of amides is 1. The second-order valence-electron chi connectivity index (χ2n) is 8.01. The minimum Gasteiger partial charge on any atom is -0.454 e. The molecule has 0 radical (unpaired) electrons. The number of aromatic nitrogens is 3. The number of hydrogen-bond acceptors (Lipinski definition) is 7. The average molecular weight is 439 g/mol. The predicted molar refractivity (Wildman–Crippen MR) is 123 cm³/mol. The number of carbonyl (C=O) groups is 1. The molecule has 2 aromatic heterocycles. The molecular formula is C25H21N5O3. The SMILES string of the molecule is O=C(c1ccc2ccccc2n1)N1CCN(c2ccc(-c3ccc4c(c3)OCO4)nn2)CC1. The zero-order valence-electron chi connectivity index (χ0n) is 17.8. The maximum Gasteiger partial charge on any atom is 0.272 e. The molecule has 0 unspecified atom stereocenters. The Balaban J connectivity index is 1.12. The summed E-state index contributed by atoms with van der Waals surface area (Å²) in [6.07, 6.45) is 0. The van der Waals surface area contributed by atoms with Crippen molar-refractivity contribution in [2.45, 2.75) is 0 Å². The predicted octanol–water partition coefficient (Wildman–Crippen LogP) is 3.38. The summed E-state index contributed by atoms with van der Waals surface area (Å²) in [7, 11) is 0. The molecular weight excluding hydrogens is 418 g/mol. The number of piperazine rings is 1. The molecule has 8 nitrogen and oxygen atoms in total. The second-order valence-corrected chi connectivity index (χ2v) is 8.01. The van der Waals surface area contributed by atoms with Crippen LogP contribution >= 0.6 is 0 Å². The van der Waals surface area contributed by atoms with Crippen LogP contribution in [0.3, 0.4) is 0 Å². The standard InChI is InChI=1S/C25H21N5O3/c31-25(21-7-5-17-3-1-2-4-19(17)26-21)30-13-11-29(12-14-30)24-10-8-20(27-28-24)18-6-9-22-23(15-18)33-16-32-22/h1-10,15H,11-14,16H2. The summed E-state index contributed by atoms with van der Waals surface area (Å²) in [6, 6.07) is 21.2. The number of benzene rings is 2. The van der Waals surface area contributed by atoms with Gasteiger partial charge in [-0.15, -0.1) is 10.2 Å². The Bertz CT molecular complexity index is 1330. The molecule has 4 heterocycles. The first-order chi connectivity index (χ1) is 16.2. The van der Waals surface area contributed by atoms with Gasteiger partial charge in [-0.1, -0.05) is 24.3 Å². The number of pyridine rings is 1. The molecule has 8 heteroatoms. The molecule has 33 heavy (non-hydrogen) atoms. The van der Waals surface area contributed by atoms with Crippen molar-refractivity contribution in [3.8, 4) is 22.8 Å². The fourth-order valence-electron chi connectivity index (χ4n) is 4.19. The van der Waals surface area contributed by atoms with Gasteiger partial charge in [-0.25, -0.2) is 4.98 Å². The van der Waals surface area contributed by atoms with E-state index in [9.17, 15) is 4.79 Å².